The van der Waals surface area contributed by atoms with Crippen LogP contribution in [0.3, 0.4) is 0 Å². The van der Waals surface area contributed by atoms with E-state index >= 15 is 0 Å². The number of aromatic nitrogens is 1. The fourth-order valence-corrected chi connectivity index (χ4v) is 3.35. The van der Waals surface area contributed by atoms with Gasteiger partial charge in [0, 0.05) is 24.0 Å². The maximum atomic E-state index is 12.1. The van der Waals surface area contributed by atoms with Crippen molar-refractivity contribution in [3.63, 3.8) is 0 Å². The summed E-state index contributed by atoms with van der Waals surface area (Å²) in [5.41, 5.74) is 5.35. The van der Waals surface area contributed by atoms with E-state index < -0.39 is 0 Å². The van der Waals surface area contributed by atoms with Crippen LogP contribution in [0.5, 0.6) is 5.75 Å². The van der Waals surface area contributed by atoms with Crippen molar-refractivity contribution in [2.24, 2.45) is 0 Å². The van der Waals surface area contributed by atoms with Crippen LogP contribution in [0.25, 0.3) is 22.0 Å². The molecule has 0 unspecified atom stereocenters. The number of benzene rings is 2. The number of nitrogens with zero attached hydrogens (tertiary/aromatic N) is 1. The van der Waals surface area contributed by atoms with Crippen LogP contribution in [-0.2, 0) is 6.54 Å². The summed E-state index contributed by atoms with van der Waals surface area (Å²) in [4.78, 5) is 12.1. The first-order chi connectivity index (χ1) is 11.2. The van der Waals surface area contributed by atoms with Gasteiger partial charge in [-0.05, 0) is 48.4 Å². The predicted molar refractivity (Wildman–Crippen MR) is 91.0 cm³/mol. The van der Waals surface area contributed by atoms with Gasteiger partial charge in [0.25, 0.3) is 5.91 Å². The van der Waals surface area contributed by atoms with E-state index in [1.807, 2.05) is 18.2 Å². The van der Waals surface area contributed by atoms with Crippen molar-refractivity contribution in [1.29, 1.82) is 0 Å². The van der Waals surface area contributed by atoms with Crippen molar-refractivity contribution in [3.05, 3.63) is 53.7 Å². The average Bonchev–Trinajstić information content (AvgIpc) is 2.94. The van der Waals surface area contributed by atoms with Gasteiger partial charge >= 0.3 is 0 Å². The van der Waals surface area contributed by atoms with Gasteiger partial charge in [0.2, 0.25) is 0 Å². The van der Waals surface area contributed by atoms with Crippen LogP contribution in [0.1, 0.15) is 16.1 Å². The molecule has 1 amide bonds. The standard InChI is InChI=1S/C19H18N2O2/c1-12-9-14-11-17-19(22)20-7-8-21(17)18(14)16(10-12)13-3-5-15(23-2)6-4-13/h3-6,9-11H,7-8H2,1-2H3,(H,20,22). The number of amides is 1. The van der Waals surface area contributed by atoms with Gasteiger partial charge in [-0.15, -0.1) is 0 Å². The number of hydrogen-bond acceptors (Lipinski definition) is 2. The molecule has 0 spiro atoms. The number of aryl methyl sites for hydroxylation is 1. The minimum atomic E-state index is 0.00536. The normalized spacial score (nSPS) is 13.7. The monoisotopic (exact) mass is 306 g/mol. The van der Waals surface area contributed by atoms with Crippen LogP contribution in [0.2, 0.25) is 0 Å². The molecule has 3 aromatic rings. The van der Waals surface area contributed by atoms with Crippen molar-refractivity contribution < 1.29 is 9.53 Å². The lowest BCUT2D eigenvalue weighted by molar-refractivity contribution is 0.0929. The first-order valence-corrected chi connectivity index (χ1v) is 7.74. The van der Waals surface area contributed by atoms with Crippen molar-refractivity contribution >= 4 is 16.8 Å². The van der Waals surface area contributed by atoms with E-state index in [-0.39, 0.29) is 5.91 Å². The molecular formula is C19H18N2O2. The highest BCUT2D eigenvalue weighted by Gasteiger charge is 2.21. The second kappa shape index (κ2) is 5.16. The van der Waals surface area contributed by atoms with E-state index in [0.29, 0.717) is 6.54 Å². The van der Waals surface area contributed by atoms with E-state index in [1.54, 1.807) is 7.11 Å². The molecule has 0 aliphatic carbocycles. The molecule has 0 bridgehead atoms. The predicted octanol–water partition coefficient (Wildman–Crippen LogP) is 3.37. The number of methoxy groups -OCH3 is 1. The largest absolute Gasteiger partial charge is 0.497 e. The van der Waals surface area contributed by atoms with Crippen molar-refractivity contribution in [2.45, 2.75) is 13.5 Å². The van der Waals surface area contributed by atoms with E-state index in [4.69, 9.17) is 4.74 Å². The highest BCUT2D eigenvalue weighted by Crippen LogP contribution is 2.34. The topological polar surface area (TPSA) is 43.3 Å². The molecule has 4 rings (SSSR count). The molecule has 2 aromatic carbocycles. The maximum Gasteiger partial charge on any atom is 0.268 e. The van der Waals surface area contributed by atoms with Gasteiger partial charge in [0.05, 0.1) is 12.6 Å². The summed E-state index contributed by atoms with van der Waals surface area (Å²) in [5.74, 6) is 0.847. The second-order valence-electron chi connectivity index (χ2n) is 5.92. The highest BCUT2D eigenvalue weighted by molar-refractivity contribution is 6.04. The number of fused-ring (bicyclic) bond motifs is 3. The molecule has 0 saturated heterocycles. The quantitative estimate of drug-likeness (QED) is 0.789. The van der Waals surface area contributed by atoms with Crippen molar-refractivity contribution in [1.82, 2.24) is 9.88 Å². The number of carbonyl (C=O) groups excluding carboxylic acids is 1. The summed E-state index contributed by atoms with van der Waals surface area (Å²) in [6, 6.07) is 14.4. The van der Waals surface area contributed by atoms with Gasteiger partial charge in [0.1, 0.15) is 11.4 Å². The molecule has 4 nitrogen and oxygen atoms in total. The average molecular weight is 306 g/mol. The summed E-state index contributed by atoms with van der Waals surface area (Å²) in [5, 5.41) is 4.03. The zero-order chi connectivity index (χ0) is 16.0. The van der Waals surface area contributed by atoms with Crippen LogP contribution in [0.15, 0.2) is 42.5 Å². The van der Waals surface area contributed by atoms with Gasteiger partial charge in [-0.2, -0.15) is 0 Å². The van der Waals surface area contributed by atoms with E-state index in [9.17, 15) is 4.79 Å². The van der Waals surface area contributed by atoms with Gasteiger partial charge in [-0.25, -0.2) is 0 Å². The Bertz CT molecular complexity index is 907. The summed E-state index contributed by atoms with van der Waals surface area (Å²) in [6.45, 7) is 3.56. The molecule has 4 heteroatoms. The second-order valence-corrected chi connectivity index (χ2v) is 5.92. The summed E-state index contributed by atoms with van der Waals surface area (Å²) < 4.78 is 7.38. The van der Waals surface area contributed by atoms with Gasteiger partial charge < -0.3 is 14.6 Å². The number of ether oxygens (including phenoxy) is 1. The summed E-state index contributed by atoms with van der Waals surface area (Å²) >= 11 is 0. The van der Waals surface area contributed by atoms with Crippen LogP contribution in [0.4, 0.5) is 0 Å². The Morgan fingerprint density at radius 1 is 1.13 bits per heavy atom. The van der Waals surface area contributed by atoms with Gasteiger partial charge in [-0.1, -0.05) is 12.1 Å². The summed E-state index contributed by atoms with van der Waals surface area (Å²) in [7, 11) is 1.67. The SMILES string of the molecule is COc1ccc(-c2cc(C)cc3cc4n(c23)CCNC4=O)cc1. The van der Waals surface area contributed by atoms with E-state index in [1.165, 1.54) is 5.56 Å². The fraction of sp³-hybridized carbons (Fsp3) is 0.211. The Kier molecular flexibility index (Phi) is 3.11. The molecule has 23 heavy (non-hydrogen) atoms. The Balaban J connectivity index is 1.99. The highest BCUT2D eigenvalue weighted by atomic mass is 16.5. The molecule has 0 radical (unpaired) electrons. The minimum Gasteiger partial charge on any atom is -0.497 e. The molecule has 1 aromatic heterocycles. The first kappa shape index (κ1) is 13.9. The number of rotatable bonds is 2. The van der Waals surface area contributed by atoms with E-state index in [0.717, 1.165) is 40.0 Å². The van der Waals surface area contributed by atoms with Gasteiger partial charge in [0.15, 0.2) is 0 Å². The Labute approximate surface area is 134 Å². The molecule has 1 aliphatic heterocycles. The zero-order valence-corrected chi connectivity index (χ0v) is 13.2. The smallest absolute Gasteiger partial charge is 0.268 e. The number of carbonyl (C=O) groups is 1. The Hall–Kier alpha value is -2.75. The molecule has 0 fully saturated rings. The van der Waals surface area contributed by atoms with Crippen LogP contribution in [-0.4, -0.2) is 24.1 Å². The number of hydrogen-bond donors (Lipinski definition) is 1. The third kappa shape index (κ3) is 2.18. The lowest BCUT2D eigenvalue weighted by atomic mass is 10.00. The Morgan fingerprint density at radius 3 is 2.65 bits per heavy atom. The van der Waals surface area contributed by atoms with Crippen LogP contribution in [0, 0.1) is 6.92 Å². The van der Waals surface area contributed by atoms with Crippen molar-refractivity contribution in [3.8, 4) is 16.9 Å². The number of nitrogens with one attached hydrogen (secondary N) is 1. The minimum absolute atomic E-state index is 0.00536. The molecule has 116 valence electrons. The Morgan fingerprint density at radius 2 is 1.91 bits per heavy atom. The van der Waals surface area contributed by atoms with E-state index in [2.05, 4.69) is 41.1 Å². The van der Waals surface area contributed by atoms with Crippen LogP contribution < -0.4 is 10.1 Å². The fourth-order valence-electron chi connectivity index (χ4n) is 3.35. The lowest BCUT2D eigenvalue weighted by Gasteiger charge is -2.18. The third-order valence-electron chi connectivity index (χ3n) is 4.39. The lowest BCUT2D eigenvalue weighted by Crippen LogP contribution is -2.34. The van der Waals surface area contributed by atoms with Crippen LogP contribution >= 0.6 is 0 Å². The van der Waals surface area contributed by atoms with Gasteiger partial charge in [-0.3, -0.25) is 4.79 Å². The molecule has 0 saturated carbocycles. The maximum absolute atomic E-state index is 12.1. The zero-order valence-electron chi connectivity index (χ0n) is 13.2. The molecular weight excluding hydrogens is 288 g/mol. The molecule has 0 atom stereocenters. The molecule has 2 heterocycles. The molecule has 1 aliphatic rings. The summed E-state index contributed by atoms with van der Waals surface area (Å²) in [6.07, 6.45) is 0. The third-order valence-corrected chi connectivity index (χ3v) is 4.39. The van der Waals surface area contributed by atoms with Crippen molar-refractivity contribution in [2.75, 3.05) is 13.7 Å². The molecule has 1 N–H and O–H groups in total. The first-order valence-electron chi connectivity index (χ1n) is 7.74.